The van der Waals surface area contributed by atoms with Gasteiger partial charge in [0.1, 0.15) is 5.25 Å². The number of amides is 2. The second-order valence-electron chi connectivity index (χ2n) is 4.38. The molecule has 3 rings (SSSR count). The second-order valence-corrected chi connectivity index (χ2v) is 5.55. The van der Waals surface area contributed by atoms with Crippen molar-refractivity contribution in [2.75, 3.05) is 18.4 Å². The number of benzene rings is 1. The van der Waals surface area contributed by atoms with Crippen molar-refractivity contribution in [2.24, 2.45) is 4.99 Å². The monoisotopic (exact) mass is 275 g/mol. The van der Waals surface area contributed by atoms with E-state index in [0.29, 0.717) is 13.1 Å². The second kappa shape index (κ2) is 5.05. The van der Waals surface area contributed by atoms with Crippen LogP contribution >= 0.6 is 11.8 Å². The van der Waals surface area contributed by atoms with Gasteiger partial charge in [0.15, 0.2) is 5.17 Å². The minimum atomic E-state index is -0.331. The first kappa shape index (κ1) is 12.2. The third kappa shape index (κ3) is 2.49. The van der Waals surface area contributed by atoms with E-state index in [4.69, 9.17) is 0 Å². The van der Waals surface area contributed by atoms with E-state index >= 15 is 0 Å². The number of amidine groups is 1. The SMILES string of the molecule is O=C(C[C@@H]1SC2=NCCN2C1=O)Nc1ccccc1. The van der Waals surface area contributed by atoms with Gasteiger partial charge in [-0.05, 0) is 12.1 Å². The van der Waals surface area contributed by atoms with Crippen LogP contribution in [-0.2, 0) is 9.59 Å². The highest BCUT2D eigenvalue weighted by Crippen LogP contribution is 2.31. The van der Waals surface area contributed by atoms with E-state index in [1.807, 2.05) is 30.3 Å². The average molecular weight is 275 g/mol. The van der Waals surface area contributed by atoms with Gasteiger partial charge in [-0.2, -0.15) is 0 Å². The Morgan fingerprint density at radius 3 is 2.95 bits per heavy atom. The molecule has 0 aromatic heterocycles. The molecular formula is C13H13N3O2S. The Labute approximate surface area is 115 Å². The van der Waals surface area contributed by atoms with Crippen molar-refractivity contribution in [3.05, 3.63) is 30.3 Å². The molecule has 19 heavy (non-hydrogen) atoms. The summed E-state index contributed by atoms with van der Waals surface area (Å²) in [7, 11) is 0. The molecule has 0 saturated carbocycles. The Bertz CT molecular complexity index is 544. The highest BCUT2D eigenvalue weighted by molar-refractivity contribution is 8.15. The van der Waals surface area contributed by atoms with Gasteiger partial charge in [-0.15, -0.1) is 0 Å². The third-order valence-electron chi connectivity index (χ3n) is 3.02. The fourth-order valence-corrected chi connectivity index (χ4v) is 3.31. The molecule has 2 heterocycles. The van der Waals surface area contributed by atoms with Crippen LogP contribution in [0.5, 0.6) is 0 Å². The summed E-state index contributed by atoms with van der Waals surface area (Å²) in [6, 6.07) is 9.25. The van der Waals surface area contributed by atoms with Crippen LogP contribution in [0, 0.1) is 0 Å². The molecular weight excluding hydrogens is 262 g/mol. The third-order valence-corrected chi connectivity index (χ3v) is 4.23. The van der Waals surface area contributed by atoms with Gasteiger partial charge in [0.2, 0.25) is 11.8 Å². The van der Waals surface area contributed by atoms with Crippen LogP contribution in [0.4, 0.5) is 5.69 Å². The van der Waals surface area contributed by atoms with E-state index < -0.39 is 0 Å². The molecule has 0 radical (unpaired) electrons. The number of nitrogens with one attached hydrogen (secondary N) is 1. The summed E-state index contributed by atoms with van der Waals surface area (Å²) in [4.78, 5) is 29.8. The topological polar surface area (TPSA) is 61.8 Å². The van der Waals surface area contributed by atoms with Gasteiger partial charge in [-0.1, -0.05) is 30.0 Å². The molecule has 0 spiro atoms. The first-order valence-electron chi connectivity index (χ1n) is 6.11. The molecule has 5 nitrogen and oxygen atoms in total. The number of fused-ring (bicyclic) bond motifs is 1. The van der Waals surface area contributed by atoms with Crippen LogP contribution in [-0.4, -0.2) is 40.2 Å². The zero-order chi connectivity index (χ0) is 13.2. The van der Waals surface area contributed by atoms with Crippen LogP contribution in [0.1, 0.15) is 6.42 Å². The predicted octanol–water partition coefficient (Wildman–Crippen LogP) is 1.33. The fourth-order valence-electron chi connectivity index (χ4n) is 2.11. The maximum absolute atomic E-state index is 12.0. The zero-order valence-corrected chi connectivity index (χ0v) is 11.0. The first-order valence-corrected chi connectivity index (χ1v) is 6.99. The van der Waals surface area contributed by atoms with Gasteiger partial charge in [0.25, 0.3) is 0 Å². The maximum Gasteiger partial charge on any atom is 0.242 e. The van der Waals surface area contributed by atoms with Gasteiger partial charge in [-0.25, -0.2) is 0 Å². The Morgan fingerprint density at radius 1 is 1.42 bits per heavy atom. The lowest BCUT2D eigenvalue weighted by molar-refractivity contribution is -0.127. The van der Waals surface area contributed by atoms with Crippen molar-refractivity contribution in [1.29, 1.82) is 0 Å². The van der Waals surface area contributed by atoms with Crippen molar-refractivity contribution in [3.63, 3.8) is 0 Å². The summed E-state index contributed by atoms with van der Waals surface area (Å²) in [5.74, 6) is -0.136. The highest BCUT2D eigenvalue weighted by atomic mass is 32.2. The summed E-state index contributed by atoms with van der Waals surface area (Å²) < 4.78 is 0. The maximum atomic E-state index is 12.0. The summed E-state index contributed by atoms with van der Waals surface area (Å²) in [5, 5.41) is 3.23. The molecule has 98 valence electrons. The van der Waals surface area contributed by atoms with Crippen molar-refractivity contribution >= 4 is 34.4 Å². The van der Waals surface area contributed by atoms with Crippen LogP contribution in [0.2, 0.25) is 0 Å². The number of rotatable bonds is 3. The number of hydrogen-bond donors (Lipinski definition) is 1. The van der Waals surface area contributed by atoms with Gasteiger partial charge in [-0.3, -0.25) is 19.5 Å². The lowest BCUT2D eigenvalue weighted by Crippen LogP contribution is -2.32. The van der Waals surface area contributed by atoms with E-state index in [0.717, 1.165) is 10.9 Å². The van der Waals surface area contributed by atoms with Gasteiger partial charge < -0.3 is 5.32 Å². The zero-order valence-electron chi connectivity index (χ0n) is 10.2. The molecule has 6 heteroatoms. The van der Waals surface area contributed by atoms with Crippen LogP contribution < -0.4 is 5.32 Å². The molecule has 0 bridgehead atoms. The normalized spacial score (nSPS) is 21.3. The molecule has 2 aliphatic rings. The van der Waals surface area contributed by atoms with Crippen molar-refractivity contribution in [3.8, 4) is 0 Å². The number of thioether (sulfide) groups is 1. The Hall–Kier alpha value is -1.82. The fraction of sp³-hybridized carbons (Fsp3) is 0.308. The largest absolute Gasteiger partial charge is 0.326 e. The number of carbonyl (C=O) groups excluding carboxylic acids is 2. The van der Waals surface area contributed by atoms with Crippen LogP contribution in [0.3, 0.4) is 0 Å². The molecule has 1 saturated heterocycles. The predicted molar refractivity (Wildman–Crippen MR) is 75.1 cm³/mol. The first-order chi connectivity index (χ1) is 9.24. The number of nitrogens with zero attached hydrogens (tertiary/aromatic N) is 2. The molecule has 1 N–H and O–H groups in total. The molecule has 1 fully saturated rings. The van der Waals surface area contributed by atoms with E-state index in [1.165, 1.54) is 11.8 Å². The van der Waals surface area contributed by atoms with E-state index in [-0.39, 0.29) is 23.5 Å². The summed E-state index contributed by atoms with van der Waals surface area (Å²) in [5.41, 5.74) is 0.751. The van der Waals surface area contributed by atoms with Crippen molar-refractivity contribution < 1.29 is 9.59 Å². The lowest BCUT2D eigenvalue weighted by Gasteiger charge is -2.10. The highest BCUT2D eigenvalue weighted by Gasteiger charge is 2.40. The number of carbonyl (C=O) groups is 2. The summed E-state index contributed by atoms with van der Waals surface area (Å²) in [6.45, 7) is 1.33. The van der Waals surface area contributed by atoms with Gasteiger partial charge in [0, 0.05) is 18.7 Å². The molecule has 1 aromatic rings. The molecule has 0 unspecified atom stereocenters. The molecule has 1 aromatic carbocycles. The van der Waals surface area contributed by atoms with Gasteiger partial charge >= 0.3 is 0 Å². The summed E-state index contributed by atoms with van der Waals surface area (Å²) >= 11 is 1.39. The average Bonchev–Trinajstić information content (AvgIpc) is 2.96. The molecule has 2 aliphatic heterocycles. The van der Waals surface area contributed by atoms with Crippen LogP contribution in [0.15, 0.2) is 35.3 Å². The Balaban J connectivity index is 1.60. The molecule has 2 amide bonds. The Morgan fingerprint density at radius 2 is 2.21 bits per heavy atom. The number of hydrogen-bond acceptors (Lipinski definition) is 4. The van der Waals surface area contributed by atoms with E-state index in [2.05, 4.69) is 10.3 Å². The summed E-state index contributed by atoms with van der Waals surface area (Å²) in [6.07, 6.45) is 0.188. The molecule has 0 aliphatic carbocycles. The van der Waals surface area contributed by atoms with E-state index in [1.54, 1.807) is 4.90 Å². The van der Waals surface area contributed by atoms with Crippen LogP contribution in [0.25, 0.3) is 0 Å². The lowest BCUT2D eigenvalue weighted by atomic mass is 10.2. The van der Waals surface area contributed by atoms with Gasteiger partial charge in [0.05, 0.1) is 6.54 Å². The van der Waals surface area contributed by atoms with Crippen molar-refractivity contribution in [2.45, 2.75) is 11.7 Å². The number of aliphatic imine (C=N–C) groups is 1. The minimum Gasteiger partial charge on any atom is -0.326 e. The quantitative estimate of drug-likeness (QED) is 0.905. The molecule has 1 atom stereocenters. The Kier molecular flexibility index (Phi) is 3.25. The minimum absolute atomic E-state index is 0.00413. The number of anilines is 1. The number of para-hydroxylation sites is 1. The smallest absolute Gasteiger partial charge is 0.242 e. The standard InChI is InChI=1S/C13H13N3O2S/c17-11(15-9-4-2-1-3-5-9)8-10-12(18)16-7-6-14-13(16)19-10/h1-5,10H,6-8H2,(H,15,17)/t10-/m0/s1. The van der Waals surface area contributed by atoms with E-state index in [9.17, 15) is 9.59 Å². The van der Waals surface area contributed by atoms with Crippen molar-refractivity contribution in [1.82, 2.24) is 4.90 Å².